The van der Waals surface area contributed by atoms with Crippen molar-refractivity contribution >= 4 is 29.8 Å². The topological polar surface area (TPSA) is 99.6 Å². The number of amides is 1. The second kappa shape index (κ2) is 6.23. The minimum atomic E-state index is -0.775. The van der Waals surface area contributed by atoms with Crippen molar-refractivity contribution in [2.45, 2.75) is 0 Å². The molecule has 2 aromatic rings. The Labute approximate surface area is 124 Å². The number of benzene rings is 1. The summed E-state index contributed by atoms with van der Waals surface area (Å²) in [4.78, 5) is 33.0. The second-order valence-electron chi connectivity index (χ2n) is 4.06. The third-order valence-corrected chi connectivity index (χ3v) is 2.89. The van der Waals surface area contributed by atoms with Crippen LogP contribution in [0.3, 0.4) is 0 Å². The highest BCUT2D eigenvalue weighted by Crippen LogP contribution is 2.27. The molecular weight excluding hydrogens is 298 g/mol. The van der Waals surface area contributed by atoms with Crippen LogP contribution in [0.1, 0.15) is 20.9 Å². The molecule has 0 saturated heterocycles. The van der Waals surface area contributed by atoms with Crippen molar-refractivity contribution in [2.75, 3.05) is 6.61 Å². The highest BCUT2D eigenvalue weighted by atomic mass is 35.5. The quantitative estimate of drug-likeness (QED) is 0.673. The first-order valence-corrected chi connectivity index (χ1v) is 6.19. The van der Waals surface area contributed by atoms with Gasteiger partial charge in [0.25, 0.3) is 5.91 Å². The summed E-state index contributed by atoms with van der Waals surface area (Å²) in [6.45, 7) is -0.532. The Morgan fingerprint density at radius 1 is 1.29 bits per heavy atom. The number of ether oxygens (including phenoxy) is 1. The molecule has 6 nitrogen and oxygen atoms in total. The Balaban J connectivity index is 2.30. The summed E-state index contributed by atoms with van der Waals surface area (Å²) in [5, 5.41) is 0.162. The first-order valence-electron chi connectivity index (χ1n) is 5.81. The number of primary amides is 1. The Kier molecular flexibility index (Phi) is 4.39. The third kappa shape index (κ3) is 3.49. The maximum atomic E-state index is 11.8. The van der Waals surface area contributed by atoms with Gasteiger partial charge in [0.2, 0.25) is 0 Å². The zero-order valence-corrected chi connectivity index (χ0v) is 11.4. The van der Waals surface area contributed by atoms with Crippen LogP contribution in [-0.4, -0.2) is 24.8 Å². The first-order chi connectivity index (χ1) is 10.0. The van der Waals surface area contributed by atoms with E-state index in [0.29, 0.717) is 17.6 Å². The average Bonchev–Trinajstić information content (AvgIpc) is 2.94. The van der Waals surface area contributed by atoms with Crippen LogP contribution in [0, 0.1) is 0 Å². The molecule has 0 unspecified atom stereocenters. The van der Waals surface area contributed by atoms with Crippen molar-refractivity contribution in [3.05, 3.63) is 46.7 Å². The third-order valence-electron chi connectivity index (χ3n) is 2.56. The van der Waals surface area contributed by atoms with Crippen LogP contribution in [0.15, 0.2) is 34.7 Å². The Morgan fingerprint density at radius 3 is 2.67 bits per heavy atom. The van der Waals surface area contributed by atoms with E-state index >= 15 is 0 Å². The molecule has 0 saturated carbocycles. The van der Waals surface area contributed by atoms with Gasteiger partial charge in [0.15, 0.2) is 18.7 Å². The van der Waals surface area contributed by atoms with Gasteiger partial charge in [0, 0.05) is 5.56 Å². The van der Waals surface area contributed by atoms with Gasteiger partial charge in [-0.15, -0.1) is 0 Å². The number of nitrogens with two attached hydrogens (primary N) is 1. The van der Waals surface area contributed by atoms with Crippen LogP contribution < -0.4 is 5.73 Å². The summed E-state index contributed by atoms with van der Waals surface area (Å²) in [5.74, 6) is -0.976. The van der Waals surface area contributed by atoms with Crippen LogP contribution in [0.25, 0.3) is 11.3 Å². The smallest absolute Gasteiger partial charge is 0.340 e. The molecule has 1 aromatic carbocycles. The predicted octanol–water partition coefficient (Wildman–Crippen LogP) is 2.05. The van der Waals surface area contributed by atoms with E-state index in [1.165, 1.54) is 18.2 Å². The molecule has 2 N–H and O–H groups in total. The number of esters is 1. The second-order valence-corrected chi connectivity index (χ2v) is 4.46. The van der Waals surface area contributed by atoms with Crippen LogP contribution in [-0.2, 0) is 9.53 Å². The lowest BCUT2D eigenvalue weighted by Crippen LogP contribution is -2.21. The van der Waals surface area contributed by atoms with Gasteiger partial charge in [-0.1, -0.05) is 11.6 Å². The number of hydrogen-bond acceptors (Lipinski definition) is 5. The monoisotopic (exact) mass is 307 g/mol. The molecule has 0 aliphatic heterocycles. The fourth-order valence-corrected chi connectivity index (χ4v) is 1.82. The van der Waals surface area contributed by atoms with Gasteiger partial charge >= 0.3 is 5.97 Å². The Hall–Kier alpha value is -2.60. The number of furan rings is 1. The standard InChI is InChI=1S/C14H10ClNO5/c15-11-3-1-8(12-4-2-9(6-17)21-12)5-10(11)14(19)20-7-13(16)18/h1-6H,7H2,(H2,16,18). The van der Waals surface area contributed by atoms with Crippen molar-refractivity contribution in [1.29, 1.82) is 0 Å². The molecule has 1 aromatic heterocycles. The minimum Gasteiger partial charge on any atom is -0.453 e. The van der Waals surface area contributed by atoms with E-state index in [1.807, 2.05) is 0 Å². The number of carbonyl (C=O) groups is 3. The number of carbonyl (C=O) groups excluding carboxylic acids is 3. The first kappa shape index (κ1) is 14.8. The van der Waals surface area contributed by atoms with Gasteiger partial charge in [0.05, 0.1) is 10.6 Å². The summed E-state index contributed by atoms with van der Waals surface area (Å²) in [6.07, 6.45) is 0.571. The van der Waals surface area contributed by atoms with E-state index in [2.05, 4.69) is 0 Å². The lowest BCUT2D eigenvalue weighted by Gasteiger charge is -2.06. The molecule has 108 valence electrons. The SMILES string of the molecule is NC(=O)COC(=O)c1cc(-c2ccc(C=O)o2)ccc1Cl. The van der Waals surface area contributed by atoms with Crippen LogP contribution in [0.4, 0.5) is 0 Å². The Morgan fingerprint density at radius 2 is 2.05 bits per heavy atom. The summed E-state index contributed by atoms with van der Waals surface area (Å²) >= 11 is 5.92. The zero-order chi connectivity index (χ0) is 15.4. The zero-order valence-electron chi connectivity index (χ0n) is 10.7. The van der Waals surface area contributed by atoms with Gasteiger partial charge in [-0.3, -0.25) is 9.59 Å². The van der Waals surface area contributed by atoms with Gasteiger partial charge in [-0.2, -0.15) is 0 Å². The molecule has 0 aliphatic rings. The van der Waals surface area contributed by atoms with Crippen molar-refractivity contribution in [1.82, 2.24) is 0 Å². The summed E-state index contributed by atoms with van der Waals surface area (Å²) in [6, 6.07) is 7.65. The number of rotatable bonds is 5. The van der Waals surface area contributed by atoms with Crippen LogP contribution >= 0.6 is 11.6 Å². The van der Waals surface area contributed by atoms with Gasteiger partial charge in [-0.05, 0) is 30.3 Å². The molecule has 21 heavy (non-hydrogen) atoms. The van der Waals surface area contributed by atoms with Crippen molar-refractivity contribution in [3.8, 4) is 11.3 Å². The molecular formula is C14H10ClNO5. The van der Waals surface area contributed by atoms with E-state index in [9.17, 15) is 14.4 Å². The summed E-state index contributed by atoms with van der Waals surface area (Å²) in [5.41, 5.74) is 5.51. The van der Waals surface area contributed by atoms with Crippen LogP contribution in [0.5, 0.6) is 0 Å². The molecule has 0 bridgehead atoms. The number of halogens is 1. The highest BCUT2D eigenvalue weighted by Gasteiger charge is 2.15. The fraction of sp³-hybridized carbons (Fsp3) is 0.0714. The van der Waals surface area contributed by atoms with Crippen molar-refractivity contribution < 1.29 is 23.5 Å². The summed E-state index contributed by atoms with van der Waals surface area (Å²) in [7, 11) is 0. The number of aldehydes is 1. The maximum Gasteiger partial charge on any atom is 0.340 e. The van der Waals surface area contributed by atoms with Gasteiger partial charge in [-0.25, -0.2) is 4.79 Å². The van der Waals surface area contributed by atoms with E-state index < -0.39 is 18.5 Å². The maximum absolute atomic E-state index is 11.8. The lowest BCUT2D eigenvalue weighted by atomic mass is 10.1. The van der Waals surface area contributed by atoms with E-state index in [4.69, 9.17) is 26.5 Å². The molecule has 1 amide bonds. The molecule has 2 rings (SSSR count). The lowest BCUT2D eigenvalue weighted by molar-refractivity contribution is -0.121. The van der Waals surface area contributed by atoms with Crippen molar-refractivity contribution in [3.63, 3.8) is 0 Å². The highest BCUT2D eigenvalue weighted by molar-refractivity contribution is 6.33. The minimum absolute atomic E-state index is 0.0690. The fourth-order valence-electron chi connectivity index (χ4n) is 1.62. The van der Waals surface area contributed by atoms with Crippen molar-refractivity contribution in [2.24, 2.45) is 5.73 Å². The van der Waals surface area contributed by atoms with Gasteiger partial charge in [0.1, 0.15) is 5.76 Å². The van der Waals surface area contributed by atoms with E-state index in [-0.39, 0.29) is 16.3 Å². The average molecular weight is 308 g/mol. The van der Waals surface area contributed by atoms with Crippen LogP contribution in [0.2, 0.25) is 5.02 Å². The molecule has 0 atom stereocenters. The summed E-state index contributed by atoms with van der Waals surface area (Å²) < 4.78 is 9.96. The molecule has 7 heteroatoms. The number of hydrogen-bond donors (Lipinski definition) is 1. The van der Waals surface area contributed by atoms with E-state index in [1.54, 1.807) is 12.1 Å². The molecule has 0 spiro atoms. The Bertz CT molecular complexity index is 707. The predicted molar refractivity (Wildman–Crippen MR) is 74.0 cm³/mol. The normalized spacial score (nSPS) is 10.1. The molecule has 0 fully saturated rings. The molecule has 1 heterocycles. The van der Waals surface area contributed by atoms with Gasteiger partial charge < -0.3 is 14.9 Å². The largest absolute Gasteiger partial charge is 0.453 e. The van der Waals surface area contributed by atoms with E-state index in [0.717, 1.165) is 0 Å². The molecule has 0 radical (unpaired) electrons. The molecule has 0 aliphatic carbocycles.